The van der Waals surface area contributed by atoms with Gasteiger partial charge in [0.15, 0.2) is 0 Å². The smallest absolute Gasteiger partial charge is 0.248 e. The molecule has 0 saturated heterocycles. The normalized spacial score (nSPS) is 12.6. The molecule has 2 aromatic carbocycles. The first kappa shape index (κ1) is 21.6. The van der Waals surface area contributed by atoms with E-state index in [1.165, 1.54) is 24.3 Å². The topological polar surface area (TPSA) is 118 Å². The van der Waals surface area contributed by atoms with Gasteiger partial charge in [0.25, 0.3) is 0 Å². The van der Waals surface area contributed by atoms with Crippen molar-refractivity contribution in [1.29, 1.82) is 0 Å². The summed E-state index contributed by atoms with van der Waals surface area (Å²) in [6.45, 7) is 5.67. The summed E-state index contributed by atoms with van der Waals surface area (Å²) >= 11 is 0. The average Bonchev–Trinajstić information content (AvgIpc) is 2.61. The third-order valence-electron chi connectivity index (χ3n) is 4.09. The molecule has 1 atom stereocenters. The zero-order valence-corrected chi connectivity index (χ0v) is 16.9. The number of anilines is 1. The number of hydrogen-bond donors (Lipinski definition) is 3. The van der Waals surface area contributed by atoms with E-state index in [4.69, 9.17) is 5.73 Å². The summed E-state index contributed by atoms with van der Waals surface area (Å²) in [6, 6.07) is 11.5. The molecule has 4 N–H and O–H groups in total. The van der Waals surface area contributed by atoms with Crippen LogP contribution in [0.25, 0.3) is 0 Å². The molecule has 0 heterocycles. The first-order valence-corrected chi connectivity index (χ1v) is 10.4. The number of sulfonamides is 1. The van der Waals surface area contributed by atoms with E-state index in [9.17, 15) is 18.0 Å². The van der Waals surface area contributed by atoms with Gasteiger partial charge in [-0.15, -0.1) is 0 Å². The number of carbonyl (C=O) groups excluding carboxylic acids is 2. The van der Waals surface area contributed by atoms with Crippen LogP contribution in [0.1, 0.15) is 36.2 Å². The Bertz CT molecular complexity index is 936. The van der Waals surface area contributed by atoms with Crippen LogP contribution in [0.2, 0.25) is 0 Å². The lowest BCUT2D eigenvalue weighted by atomic mass is 10.0. The number of amides is 2. The predicted molar refractivity (Wildman–Crippen MR) is 108 cm³/mol. The molecule has 150 valence electrons. The highest BCUT2D eigenvalue weighted by Crippen LogP contribution is 2.15. The van der Waals surface area contributed by atoms with Crippen LogP contribution in [-0.4, -0.2) is 26.3 Å². The van der Waals surface area contributed by atoms with Crippen LogP contribution < -0.4 is 15.8 Å². The maximum atomic E-state index is 12.7. The Morgan fingerprint density at radius 3 is 2.07 bits per heavy atom. The molecule has 28 heavy (non-hydrogen) atoms. The van der Waals surface area contributed by atoms with Gasteiger partial charge in [-0.05, 0) is 55.7 Å². The monoisotopic (exact) mass is 403 g/mol. The summed E-state index contributed by atoms with van der Waals surface area (Å²) < 4.78 is 27.8. The van der Waals surface area contributed by atoms with Gasteiger partial charge in [0.2, 0.25) is 21.8 Å². The minimum Gasteiger partial charge on any atom is -0.366 e. The van der Waals surface area contributed by atoms with E-state index in [1.54, 1.807) is 24.3 Å². The molecule has 0 aliphatic heterocycles. The van der Waals surface area contributed by atoms with Crippen molar-refractivity contribution in [2.75, 3.05) is 5.32 Å². The Morgan fingerprint density at radius 1 is 1.00 bits per heavy atom. The van der Waals surface area contributed by atoms with Gasteiger partial charge in [0.05, 0.1) is 4.90 Å². The summed E-state index contributed by atoms with van der Waals surface area (Å²) in [7, 11) is -3.85. The molecule has 0 aromatic heterocycles. The van der Waals surface area contributed by atoms with Crippen LogP contribution in [0.3, 0.4) is 0 Å². The molecule has 0 aliphatic rings. The van der Waals surface area contributed by atoms with Crippen molar-refractivity contribution >= 4 is 27.5 Å². The minimum absolute atomic E-state index is 0.0914. The van der Waals surface area contributed by atoms with E-state index in [0.717, 1.165) is 5.56 Å². The Labute approximate surface area is 165 Å². The Kier molecular flexibility index (Phi) is 6.93. The third kappa shape index (κ3) is 5.90. The van der Waals surface area contributed by atoms with Crippen LogP contribution >= 0.6 is 0 Å². The van der Waals surface area contributed by atoms with E-state index in [-0.39, 0.29) is 10.8 Å². The van der Waals surface area contributed by atoms with Crippen molar-refractivity contribution in [2.24, 2.45) is 11.7 Å². The zero-order valence-electron chi connectivity index (χ0n) is 16.1. The fourth-order valence-corrected chi connectivity index (χ4v) is 3.81. The van der Waals surface area contributed by atoms with E-state index < -0.39 is 27.9 Å². The second kappa shape index (κ2) is 8.99. The predicted octanol–water partition coefficient (Wildman–Crippen LogP) is 2.43. The number of nitrogens with one attached hydrogen (secondary N) is 2. The minimum atomic E-state index is -3.85. The van der Waals surface area contributed by atoms with Crippen molar-refractivity contribution in [1.82, 2.24) is 4.72 Å². The third-order valence-corrected chi connectivity index (χ3v) is 5.58. The average molecular weight is 404 g/mol. The second-order valence-corrected chi connectivity index (χ2v) is 8.76. The van der Waals surface area contributed by atoms with Crippen molar-refractivity contribution in [3.8, 4) is 0 Å². The van der Waals surface area contributed by atoms with Crippen molar-refractivity contribution in [3.63, 3.8) is 0 Å². The van der Waals surface area contributed by atoms with Gasteiger partial charge >= 0.3 is 0 Å². The highest BCUT2D eigenvalue weighted by molar-refractivity contribution is 7.89. The molecule has 2 rings (SSSR count). The van der Waals surface area contributed by atoms with Gasteiger partial charge in [-0.2, -0.15) is 4.72 Å². The van der Waals surface area contributed by atoms with Crippen LogP contribution in [0, 0.1) is 12.8 Å². The fourth-order valence-electron chi connectivity index (χ4n) is 2.60. The SMILES string of the molecule is Cc1ccc(S(=O)(=O)NC(CC(C)C)C(=O)Nc2ccc(C(N)=O)cc2)cc1. The van der Waals surface area contributed by atoms with Crippen molar-refractivity contribution in [2.45, 2.75) is 38.1 Å². The maximum absolute atomic E-state index is 12.7. The number of hydrogen-bond acceptors (Lipinski definition) is 4. The van der Waals surface area contributed by atoms with E-state index in [0.29, 0.717) is 17.7 Å². The fraction of sp³-hybridized carbons (Fsp3) is 0.300. The second-order valence-electron chi connectivity index (χ2n) is 7.05. The first-order chi connectivity index (χ1) is 13.1. The molecule has 0 radical (unpaired) electrons. The van der Waals surface area contributed by atoms with Crippen LogP contribution in [0.5, 0.6) is 0 Å². The summed E-state index contributed by atoms with van der Waals surface area (Å²) in [6.07, 6.45) is 0.330. The summed E-state index contributed by atoms with van der Waals surface area (Å²) in [5, 5.41) is 2.68. The van der Waals surface area contributed by atoms with Gasteiger partial charge < -0.3 is 11.1 Å². The number of carbonyl (C=O) groups is 2. The maximum Gasteiger partial charge on any atom is 0.248 e. The lowest BCUT2D eigenvalue weighted by molar-refractivity contribution is -0.118. The molecule has 0 aliphatic carbocycles. The molecule has 2 amide bonds. The van der Waals surface area contributed by atoms with Crippen LogP contribution in [0.15, 0.2) is 53.4 Å². The van der Waals surface area contributed by atoms with Gasteiger partial charge in [0.1, 0.15) is 6.04 Å². The van der Waals surface area contributed by atoms with Crippen molar-refractivity contribution < 1.29 is 18.0 Å². The van der Waals surface area contributed by atoms with Gasteiger partial charge in [0, 0.05) is 11.3 Å². The highest BCUT2D eigenvalue weighted by Gasteiger charge is 2.26. The Balaban J connectivity index is 2.18. The molecule has 8 heteroatoms. The quantitative estimate of drug-likeness (QED) is 0.627. The molecule has 0 saturated carbocycles. The molecule has 1 unspecified atom stereocenters. The Hall–Kier alpha value is -2.71. The first-order valence-electron chi connectivity index (χ1n) is 8.88. The number of benzene rings is 2. The number of primary amides is 1. The van der Waals surface area contributed by atoms with Crippen LogP contribution in [-0.2, 0) is 14.8 Å². The summed E-state index contributed by atoms with van der Waals surface area (Å²) in [5.41, 5.74) is 6.90. The number of rotatable bonds is 8. The number of nitrogens with two attached hydrogens (primary N) is 1. The zero-order chi connectivity index (χ0) is 20.9. The molecular weight excluding hydrogens is 378 g/mol. The molecule has 2 aromatic rings. The standard InChI is InChI=1S/C20H25N3O4S/c1-13(2)12-18(23-28(26,27)17-10-4-14(3)5-11-17)20(25)22-16-8-6-15(7-9-16)19(21)24/h4-11,13,18,23H,12H2,1-3H3,(H2,21,24)(H,22,25). The number of aryl methyl sites for hydroxylation is 1. The lowest BCUT2D eigenvalue weighted by Gasteiger charge is -2.20. The largest absolute Gasteiger partial charge is 0.366 e. The molecule has 0 bridgehead atoms. The molecule has 0 fully saturated rings. The van der Waals surface area contributed by atoms with Gasteiger partial charge in [-0.3, -0.25) is 9.59 Å². The lowest BCUT2D eigenvalue weighted by Crippen LogP contribution is -2.44. The van der Waals surface area contributed by atoms with Gasteiger partial charge in [-0.1, -0.05) is 31.5 Å². The van der Waals surface area contributed by atoms with E-state index in [1.807, 2.05) is 20.8 Å². The Morgan fingerprint density at radius 2 is 1.57 bits per heavy atom. The summed E-state index contributed by atoms with van der Waals surface area (Å²) in [4.78, 5) is 23.9. The molecule has 7 nitrogen and oxygen atoms in total. The summed E-state index contributed by atoms with van der Waals surface area (Å²) in [5.74, 6) is -0.952. The van der Waals surface area contributed by atoms with Crippen LogP contribution in [0.4, 0.5) is 5.69 Å². The molecular formula is C20H25N3O4S. The molecule has 0 spiro atoms. The highest BCUT2D eigenvalue weighted by atomic mass is 32.2. The van der Waals surface area contributed by atoms with Gasteiger partial charge in [-0.25, -0.2) is 8.42 Å². The van der Waals surface area contributed by atoms with Crippen molar-refractivity contribution in [3.05, 3.63) is 59.7 Å². The van der Waals surface area contributed by atoms with E-state index >= 15 is 0 Å². The van der Waals surface area contributed by atoms with E-state index in [2.05, 4.69) is 10.0 Å².